The Morgan fingerprint density at radius 1 is 0.815 bits per heavy atom. The lowest BCUT2D eigenvalue weighted by molar-refractivity contribution is 0.478. The van der Waals surface area contributed by atoms with Crippen molar-refractivity contribution in [3.05, 3.63) is 65.5 Å². The summed E-state index contributed by atoms with van der Waals surface area (Å²) < 4.78 is 5.51. The molecule has 4 nitrogen and oxygen atoms in total. The number of hydrogen-bond donors (Lipinski definition) is 0. The molecule has 2 aliphatic heterocycles. The standard InChI is InChI=1S/C22H29N4P/c1-2-21(27(25-15-7-8-16-25)26-17-9-10-18-26)22(19-11-3-5-13-23-19)20-12-4-6-14-24-20/h3-6,11-14H,2,7-10,15-18H2,1H3. The first-order valence-electron chi connectivity index (χ1n) is 10.2. The summed E-state index contributed by atoms with van der Waals surface area (Å²) in [6.07, 6.45) is 10.1. The van der Waals surface area contributed by atoms with Crippen molar-refractivity contribution in [2.24, 2.45) is 0 Å². The van der Waals surface area contributed by atoms with Crippen LogP contribution in [0.3, 0.4) is 0 Å². The zero-order valence-corrected chi connectivity index (χ0v) is 17.1. The Morgan fingerprint density at radius 3 is 1.67 bits per heavy atom. The van der Waals surface area contributed by atoms with E-state index in [-0.39, 0.29) is 0 Å². The molecule has 0 N–H and O–H groups in total. The average molecular weight is 380 g/mol. The van der Waals surface area contributed by atoms with Crippen molar-refractivity contribution in [2.75, 3.05) is 26.2 Å². The molecular formula is C22H29N4P. The highest BCUT2D eigenvalue weighted by Gasteiger charge is 2.34. The lowest BCUT2D eigenvalue weighted by Crippen LogP contribution is -2.26. The number of pyridine rings is 2. The Labute approximate surface area is 164 Å². The van der Waals surface area contributed by atoms with E-state index < -0.39 is 8.22 Å². The van der Waals surface area contributed by atoms with Gasteiger partial charge in [-0.1, -0.05) is 19.1 Å². The summed E-state index contributed by atoms with van der Waals surface area (Å²) in [4.78, 5) is 9.47. The van der Waals surface area contributed by atoms with Crippen LogP contribution in [-0.4, -0.2) is 45.5 Å². The molecule has 2 aromatic rings. The van der Waals surface area contributed by atoms with E-state index in [0.717, 1.165) is 17.8 Å². The Bertz CT molecular complexity index is 693. The van der Waals surface area contributed by atoms with Gasteiger partial charge in [0.1, 0.15) is 0 Å². The SMILES string of the molecule is CCC(=C(c1ccccn1)c1ccccn1)P(N1CCCC1)N1CCCC1. The maximum atomic E-state index is 4.74. The number of allylic oxidation sites excluding steroid dienone is 1. The van der Waals surface area contributed by atoms with E-state index in [1.54, 1.807) is 0 Å². The minimum absolute atomic E-state index is 0.447. The highest BCUT2D eigenvalue weighted by atomic mass is 31.1. The lowest BCUT2D eigenvalue weighted by Gasteiger charge is -2.37. The quantitative estimate of drug-likeness (QED) is 0.649. The molecule has 0 amide bonds. The van der Waals surface area contributed by atoms with Crippen LogP contribution < -0.4 is 0 Å². The molecule has 27 heavy (non-hydrogen) atoms. The predicted octanol–water partition coefficient (Wildman–Crippen LogP) is 5.15. The minimum atomic E-state index is -0.447. The van der Waals surface area contributed by atoms with Gasteiger partial charge in [-0.25, -0.2) is 0 Å². The van der Waals surface area contributed by atoms with Crippen LogP contribution in [0.1, 0.15) is 50.4 Å². The van der Waals surface area contributed by atoms with Gasteiger partial charge in [0.05, 0.1) is 19.6 Å². The van der Waals surface area contributed by atoms with Gasteiger partial charge in [-0.2, -0.15) is 0 Å². The van der Waals surface area contributed by atoms with Gasteiger partial charge in [-0.3, -0.25) is 19.3 Å². The zero-order valence-electron chi connectivity index (χ0n) is 16.2. The fourth-order valence-electron chi connectivity index (χ4n) is 4.17. The Hall–Kier alpha value is -1.61. The number of aromatic nitrogens is 2. The van der Waals surface area contributed by atoms with Crippen LogP contribution in [0.4, 0.5) is 0 Å². The summed E-state index contributed by atoms with van der Waals surface area (Å²) in [6, 6.07) is 12.4. The second kappa shape index (κ2) is 9.05. The van der Waals surface area contributed by atoms with Gasteiger partial charge in [0, 0.05) is 44.1 Å². The van der Waals surface area contributed by atoms with Crippen molar-refractivity contribution in [1.82, 2.24) is 19.3 Å². The summed E-state index contributed by atoms with van der Waals surface area (Å²) >= 11 is 0. The van der Waals surface area contributed by atoms with Crippen LogP contribution in [0.25, 0.3) is 5.57 Å². The second-order valence-corrected chi connectivity index (χ2v) is 9.47. The first-order valence-corrected chi connectivity index (χ1v) is 11.5. The van der Waals surface area contributed by atoms with Crippen molar-refractivity contribution < 1.29 is 0 Å². The molecule has 0 atom stereocenters. The van der Waals surface area contributed by atoms with Crippen molar-refractivity contribution >= 4 is 13.8 Å². The van der Waals surface area contributed by atoms with E-state index in [1.165, 1.54) is 62.7 Å². The molecule has 2 aliphatic rings. The molecule has 2 aromatic heterocycles. The topological polar surface area (TPSA) is 32.3 Å². The fourth-order valence-corrected chi connectivity index (χ4v) is 7.24. The summed E-state index contributed by atoms with van der Waals surface area (Å²) in [7, 11) is -0.447. The van der Waals surface area contributed by atoms with E-state index in [1.807, 2.05) is 24.5 Å². The first-order chi connectivity index (χ1) is 13.4. The van der Waals surface area contributed by atoms with Crippen LogP contribution in [0.5, 0.6) is 0 Å². The molecule has 0 spiro atoms. The molecule has 0 bridgehead atoms. The molecule has 4 rings (SSSR count). The van der Waals surface area contributed by atoms with Crippen molar-refractivity contribution in [3.63, 3.8) is 0 Å². The zero-order chi connectivity index (χ0) is 18.5. The van der Waals surface area contributed by atoms with Crippen LogP contribution in [0.15, 0.2) is 54.1 Å². The van der Waals surface area contributed by atoms with Crippen molar-refractivity contribution in [2.45, 2.75) is 39.0 Å². The van der Waals surface area contributed by atoms with Crippen molar-refractivity contribution in [1.29, 1.82) is 0 Å². The van der Waals surface area contributed by atoms with E-state index in [4.69, 9.17) is 9.97 Å². The molecule has 5 heteroatoms. The van der Waals surface area contributed by atoms with Crippen LogP contribution in [-0.2, 0) is 0 Å². The molecule has 4 heterocycles. The minimum Gasteiger partial charge on any atom is -0.266 e. The van der Waals surface area contributed by atoms with E-state index >= 15 is 0 Å². The molecular weight excluding hydrogens is 351 g/mol. The Morgan fingerprint density at radius 2 is 1.30 bits per heavy atom. The smallest absolute Gasteiger partial charge is 0.0727 e. The fraction of sp³-hybridized carbons (Fsp3) is 0.455. The second-order valence-electron chi connectivity index (χ2n) is 7.22. The third kappa shape index (κ3) is 4.13. The van der Waals surface area contributed by atoms with Crippen LogP contribution >= 0.6 is 8.22 Å². The maximum absolute atomic E-state index is 4.74. The normalized spacial score (nSPS) is 18.3. The molecule has 142 valence electrons. The van der Waals surface area contributed by atoms with E-state index in [0.29, 0.717) is 0 Å². The molecule has 0 saturated carbocycles. The number of rotatable bonds is 6. The van der Waals surface area contributed by atoms with Gasteiger partial charge in [-0.05, 0) is 61.7 Å². The summed E-state index contributed by atoms with van der Waals surface area (Å²) in [5.41, 5.74) is 3.36. The number of nitrogens with zero attached hydrogens (tertiary/aromatic N) is 4. The van der Waals surface area contributed by atoms with Gasteiger partial charge in [0.25, 0.3) is 0 Å². The molecule has 0 aromatic carbocycles. The molecule has 2 saturated heterocycles. The monoisotopic (exact) mass is 380 g/mol. The van der Waals surface area contributed by atoms with Crippen LogP contribution in [0, 0.1) is 0 Å². The highest BCUT2D eigenvalue weighted by Crippen LogP contribution is 2.58. The maximum Gasteiger partial charge on any atom is 0.0727 e. The summed E-state index contributed by atoms with van der Waals surface area (Å²) in [6.45, 7) is 7.21. The largest absolute Gasteiger partial charge is 0.266 e. The lowest BCUT2D eigenvalue weighted by atomic mass is 10.1. The number of hydrogen-bond acceptors (Lipinski definition) is 4. The highest BCUT2D eigenvalue weighted by molar-refractivity contribution is 7.57. The molecule has 2 fully saturated rings. The van der Waals surface area contributed by atoms with Gasteiger partial charge >= 0.3 is 0 Å². The van der Waals surface area contributed by atoms with Gasteiger partial charge in [0.2, 0.25) is 0 Å². The van der Waals surface area contributed by atoms with Gasteiger partial charge in [-0.15, -0.1) is 0 Å². The average Bonchev–Trinajstić information content (AvgIpc) is 3.44. The molecule has 0 aliphatic carbocycles. The predicted molar refractivity (Wildman–Crippen MR) is 113 cm³/mol. The van der Waals surface area contributed by atoms with Gasteiger partial charge in [0.15, 0.2) is 0 Å². The molecule has 0 unspecified atom stereocenters. The summed E-state index contributed by atoms with van der Waals surface area (Å²) in [5, 5.41) is 1.53. The molecule has 0 radical (unpaired) electrons. The van der Waals surface area contributed by atoms with Crippen LogP contribution in [0.2, 0.25) is 0 Å². The van der Waals surface area contributed by atoms with E-state index in [9.17, 15) is 0 Å². The van der Waals surface area contributed by atoms with Gasteiger partial charge < -0.3 is 0 Å². The Balaban J connectivity index is 1.87. The summed E-state index contributed by atoms with van der Waals surface area (Å²) in [5.74, 6) is 0. The first kappa shape index (κ1) is 18.7. The Kier molecular flexibility index (Phi) is 6.28. The van der Waals surface area contributed by atoms with Crippen molar-refractivity contribution in [3.8, 4) is 0 Å². The third-order valence-corrected chi connectivity index (χ3v) is 8.30. The third-order valence-electron chi connectivity index (χ3n) is 5.41. The van der Waals surface area contributed by atoms with E-state index in [2.05, 4.69) is 40.5 Å².